The second-order valence-corrected chi connectivity index (χ2v) is 6.61. The van der Waals surface area contributed by atoms with E-state index in [1.807, 2.05) is 13.8 Å². The molecule has 0 aliphatic carbocycles. The van der Waals surface area contributed by atoms with Crippen LogP contribution in [0.25, 0.3) is 0 Å². The zero-order valence-corrected chi connectivity index (χ0v) is 13.4. The third-order valence-corrected chi connectivity index (χ3v) is 4.37. The molecule has 0 aliphatic heterocycles. The van der Waals surface area contributed by atoms with Crippen LogP contribution < -0.4 is 10.6 Å². The molecule has 1 aromatic heterocycles. The minimum absolute atomic E-state index is 0.00165. The van der Waals surface area contributed by atoms with Gasteiger partial charge in [0.15, 0.2) is 0 Å². The predicted octanol–water partition coefficient (Wildman–Crippen LogP) is 2.38. The molecular formula is C13H22N4O3S. The van der Waals surface area contributed by atoms with Crippen molar-refractivity contribution >= 4 is 28.1 Å². The number of rotatable bonds is 9. The molecule has 0 radical (unpaired) electrons. The number of hydrogen-bond donors (Lipinski definition) is 2. The Morgan fingerprint density at radius 3 is 2.38 bits per heavy atom. The van der Waals surface area contributed by atoms with Crippen LogP contribution in [0, 0.1) is 10.1 Å². The van der Waals surface area contributed by atoms with Crippen LogP contribution in [0.1, 0.15) is 26.7 Å². The fraction of sp³-hybridized carbons (Fsp3) is 0.615. The van der Waals surface area contributed by atoms with Crippen molar-refractivity contribution < 1.29 is 9.13 Å². The van der Waals surface area contributed by atoms with E-state index in [0.717, 1.165) is 6.42 Å². The van der Waals surface area contributed by atoms with E-state index in [0.29, 0.717) is 31.1 Å². The fourth-order valence-corrected chi connectivity index (χ4v) is 2.07. The van der Waals surface area contributed by atoms with Gasteiger partial charge in [-0.2, -0.15) is 0 Å². The fourth-order valence-electron chi connectivity index (χ4n) is 1.63. The number of aromatic nitrogens is 1. The first kappa shape index (κ1) is 17.4. The molecule has 1 rings (SSSR count). The minimum Gasteiger partial charge on any atom is -0.370 e. The van der Waals surface area contributed by atoms with Crippen LogP contribution in [0.15, 0.2) is 12.1 Å². The van der Waals surface area contributed by atoms with E-state index in [9.17, 15) is 14.3 Å². The van der Waals surface area contributed by atoms with Gasteiger partial charge in [-0.25, -0.2) is 4.98 Å². The largest absolute Gasteiger partial charge is 0.370 e. The number of nitrogens with one attached hydrogen (secondary N) is 2. The molecule has 8 heteroatoms. The van der Waals surface area contributed by atoms with E-state index in [2.05, 4.69) is 15.6 Å². The topological polar surface area (TPSA) is 97.2 Å². The average Bonchev–Trinajstić information content (AvgIpc) is 2.44. The lowest BCUT2D eigenvalue weighted by Gasteiger charge is -2.11. The van der Waals surface area contributed by atoms with Crippen LogP contribution in [-0.2, 0) is 10.8 Å². The van der Waals surface area contributed by atoms with Gasteiger partial charge in [-0.15, -0.1) is 0 Å². The van der Waals surface area contributed by atoms with Crippen LogP contribution in [0.3, 0.4) is 0 Å². The molecule has 2 N–H and O–H groups in total. The number of nitrogens with zero attached hydrogens (tertiary/aromatic N) is 2. The van der Waals surface area contributed by atoms with Gasteiger partial charge in [-0.1, -0.05) is 13.8 Å². The van der Waals surface area contributed by atoms with E-state index >= 15 is 0 Å². The van der Waals surface area contributed by atoms with Crippen molar-refractivity contribution in [3.05, 3.63) is 22.2 Å². The zero-order chi connectivity index (χ0) is 15.8. The summed E-state index contributed by atoms with van der Waals surface area (Å²) >= 11 is 0. The Hall–Kier alpha value is -1.70. The molecule has 1 heterocycles. The van der Waals surface area contributed by atoms with Crippen LogP contribution >= 0.6 is 0 Å². The van der Waals surface area contributed by atoms with Crippen LogP contribution in [0.4, 0.5) is 17.3 Å². The molecule has 2 atom stereocenters. The van der Waals surface area contributed by atoms with E-state index in [1.165, 1.54) is 12.1 Å². The molecular weight excluding hydrogens is 292 g/mol. The van der Waals surface area contributed by atoms with Crippen molar-refractivity contribution in [1.82, 2.24) is 4.98 Å². The lowest BCUT2D eigenvalue weighted by Crippen LogP contribution is -2.15. The standard InChI is InChI=1S/C13H22N4O3S/c1-4-6-14-12-8-11(17(18)19)9-13(16-12)15-7-5-10(2)21(3)20/h8-10H,4-7H2,1-3H3,(H2,14,15,16). The van der Waals surface area contributed by atoms with E-state index in [-0.39, 0.29) is 10.9 Å². The Labute approximate surface area is 127 Å². The summed E-state index contributed by atoms with van der Waals surface area (Å²) < 4.78 is 11.3. The maximum Gasteiger partial charge on any atom is 0.276 e. The summed E-state index contributed by atoms with van der Waals surface area (Å²) in [5.41, 5.74) is -0.00165. The maximum atomic E-state index is 11.3. The molecule has 0 aliphatic rings. The third kappa shape index (κ3) is 6.07. The summed E-state index contributed by atoms with van der Waals surface area (Å²) in [5.74, 6) is 0.942. The Bertz CT molecular complexity index is 510. The summed E-state index contributed by atoms with van der Waals surface area (Å²) in [4.78, 5) is 14.8. The van der Waals surface area contributed by atoms with Crippen molar-refractivity contribution in [2.75, 3.05) is 30.0 Å². The van der Waals surface area contributed by atoms with Crippen LogP contribution in [0.2, 0.25) is 0 Å². The third-order valence-electron chi connectivity index (χ3n) is 3.00. The molecule has 7 nitrogen and oxygen atoms in total. The number of anilines is 2. The molecule has 0 bridgehead atoms. The number of hydrogen-bond acceptors (Lipinski definition) is 6. The molecule has 2 unspecified atom stereocenters. The molecule has 0 aromatic carbocycles. The molecule has 0 spiro atoms. The second kappa shape index (κ2) is 8.56. The van der Waals surface area contributed by atoms with Gasteiger partial charge in [0, 0.05) is 35.4 Å². The number of pyridine rings is 1. The highest BCUT2D eigenvalue weighted by molar-refractivity contribution is 7.84. The van der Waals surface area contributed by atoms with Gasteiger partial charge >= 0.3 is 0 Å². The Morgan fingerprint density at radius 1 is 1.33 bits per heavy atom. The van der Waals surface area contributed by atoms with Gasteiger partial charge in [0.05, 0.1) is 17.1 Å². The van der Waals surface area contributed by atoms with Gasteiger partial charge < -0.3 is 10.6 Å². The SMILES string of the molecule is CCCNc1cc([N+](=O)[O-])cc(NCCC(C)S(C)=O)n1. The smallest absolute Gasteiger partial charge is 0.276 e. The van der Waals surface area contributed by atoms with Gasteiger partial charge in [0.25, 0.3) is 5.69 Å². The highest BCUT2D eigenvalue weighted by atomic mass is 32.2. The van der Waals surface area contributed by atoms with Gasteiger partial charge in [0.2, 0.25) is 0 Å². The van der Waals surface area contributed by atoms with Gasteiger partial charge in [-0.3, -0.25) is 14.3 Å². The van der Waals surface area contributed by atoms with Crippen LogP contribution in [-0.4, -0.2) is 38.7 Å². The van der Waals surface area contributed by atoms with Crippen molar-refractivity contribution in [3.63, 3.8) is 0 Å². The summed E-state index contributed by atoms with van der Waals surface area (Å²) in [5, 5.41) is 17.1. The molecule has 0 amide bonds. The van der Waals surface area contributed by atoms with E-state index in [4.69, 9.17) is 0 Å². The monoisotopic (exact) mass is 314 g/mol. The van der Waals surface area contributed by atoms with Crippen LogP contribution in [0.5, 0.6) is 0 Å². The molecule has 0 saturated heterocycles. The molecule has 1 aromatic rings. The average molecular weight is 314 g/mol. The first-order valence-corrected chi connectivity index (χ1v) is 8.52. The Morgan fingerprint density at radius 2 is 1.90 bits per heavy atom. The number of nitro groups is 1. The molecule has 118 valence electrons. The molecule has 21 heavy (non-hydrogen) atoms. The Balaban J connectivity index is 2.73. The second-order valence-electron chi connectivity index (χ2n) is 4.80. The van der Waals surface area contributed by atoms with Crippen molar-refractivity contribution in [1.29, 1.82) is 0 Å². The predicted molar refractivity (Wildman–Crippen MR) is 86.3 cm³/mol. The highest BCUT2D eigenvalue weighted by Crippen LogP contribution is 2.20. The summed E-state index contributed by atoms with van der Waals surface area (Å²) in [7, 11) is -0.870. The Kier molecular flexibility index (Phi) is 7.07. The minimum atomic E-state index is -0.870. The van der Waals surface area contributed by atoms with E-state index in [1.54, 1.807) is 6.26 Å². The lowest BCUT2D eigenvalue weighted by atomic mass is 10.3. The normalized spacial score (nSPS) is 13.5. The zero-order valence-electron chi connectivity index (χ0n) is 12.6. The molecule has 0 fully saturated rings. The summed E-state index contributed by atoms with van der Waals surface area (Å²) in [6, 6.07) is 2.83. The van der Waals surface area contributed by atoms with Crippen molar-refractivity contribution in [2.24, 2.45) is 0 Å². The van der Waals surface area contributed by atoms with Gasteiger partial charge in [-0.05, 0) is 12.8 Å². The molecule has 0 saturated carbocycles. The van der Waals surface area contributed by atoms with Crippen molar-refractivity contribution in [2.45, 2.75) is 31.9 Å². The first-order valence-electron chi connectivity index (χ1n) is 6.90. The summed E-state index contributed by atoms with van der Waals surface area (Å²) in [6.45, 7) is 5.20. The summed E-state index contributed by atoms with van der Waals surface area (Å²) in [6.07, 6.45) is 3.29. The van der Waals surface area contributed by atoms with Crippen molar-refractivity contribution in [3.8, 4) is 0 Å². The maximum absolute atomic E-state index is 11.3. The lowest BCUT2D eigenvalue weighted by molar-refractivity contribution is -0.384. The first-order chi connectivity index (χ1) is 9.93. The quantitative estimate of drug-likeness (QED) is 0.536. The van der Waals surface area contributed by atoms with E-state index < -0.39 is 15.7 Å². The van der Waals surface area contributed by atoms with Gasteiger partial charge in [0.1, 0.15) is 11.6 Å². The highest BCUT2D eigenvalue weighted by Gasteiger charge is 2.11.